The average Bonchev–Trinajstić information content (AvgIpc) is 3.09. The first-order valence-electron chi connectivity index (χ1n) is 8.80. The lowest BCUT2D eigenvalue weighted by Crippen LogP contribution is -2.45. The Kier molecular flexibility index (Phi) is 4.85. The third kappa shape index (κ3) is 3.49. The normalized spacial score (nSPS) is 21.6. The van der Waals surface area contributed by atoms with Crippen molar-refractivity contribution in [1.29, 1.82) is 0 Å². The van der Waals surface area contributed by atoms with Crippen molar-refractivity contribution in [3.05, 3.63) is 23.8 Å². The fraction of sp³-hybridized carbons (Fsp3) is 0.611. The van der Waals surface area contributed by atoms with E-state index in [-0.39, 0.29) is 0 Å². The number of hydrogen-bond donors (Lipinski definition) is 0. The van der Waals surface area contributed by atoms with Crippen LogP contribution in [-0.4, -0.2) is 60.2 Å². The zero-order valence-electron chi connectivity index (χ0n) is 14.2. The fourth-order valence-electron chi connectivity index (χ4n) is 3.52. The van der Waals surface area contributed by atoms with Crippen LogP contribution in [0.25, 0.3) is 0 Å². The molecule has 0 saturated carbocycles. The molecule has 3 heterocycles. The Morgan fingerprint density at radius 2 is 2.08 bits per heavy atom. The van der Waals surface area contributed by atoms with E-state index in [1.54, 1.807) is 0 Å². The zero-order chi connectivity index (χ0) is 16.4. The molecule has 1 saturated heterocycles. The van der Waals surface area contributed by atoms with Crippen LogP contribution in [-0.2, 0) is 6.54 Å². The van der Waals surface area contributed by atoms with Crippen molar-refractivity contribution in [3.8, 4) is 11.5 Å². The molecule has 6 heteroatoms. The summed E-state index contributed by atoms with van der Waals surface area (Å²) in [5.41, 5.74) is 1.27. The number of ether oxygens (including phenoxy) is 2. The highest BCUT2D eigenvalue weighted by atomic mass is 32.2. The van der Waals surface area contributed by atoms with Gasteiger partial charge in [0.2, 0.25) is 6.79 Å². The number of rotatable bonds is 3. The molecule has 0 radical (unpaired) electrons. The summed E-state index contributed by atoms with van der Waals surface area (Å²) in [5.74, 6) is 2.91. The van der Waals surface area contributed by atoms with Gasteiger partial charge in [-0.25, -0.2) is 0 Å². The maximum absolute atomic E-state index is 5.54. The molecule has 0 aliphatic carbocycles. The minimum absolute atomic E-state index is 0.333. The summed E-state index contributed by atoms with van der Waals surface area (Å²) in [4.78, 5) is 9.79. The van der Waals surface area contributed by atoms with Crippen LogP contribution in [0.15, 0.2) is 23.2 Å². The lowest BCUT2D eigenvalue weighted by molar-refractivity contribution is 0.172. The molecule has 4 rings (SSSR count). The average molecular weight is 347 g/mol. The van der Waals surface area contributed by atoms with E-state index in [2.05, 4.69) is 29.0 Å². The zero-order valence-corrected chi connectivity index (χ0v) is 15.1. The molecule has 0 N–H and O–H groups in total. The Hall–Kier alpha value is -1.40. The molecule has 0 amide bonds. The van der Waals surface area contributed by atoms with E-state index in [1.165, 1.54) is 48.8 Å². The molecule has 1 aromatic carbocycles. The summed E-state index contributed by atoms with van der Waals surface area (Å²) in [5, 5.41) is 1.23. The van der Waals surface area contributed by atoms with Gasteiger partial charge in [-0.05, 0) is 57.1 Å². The van der Waals surface area contributed by atoms with E-state index in [9.17, 15) is 0 Å². The Labute approximate surface area is 148 Å². The monoisotopic (exact) mass is 347 g/mol. The van der Waals surface area contributed by atoms with Crippen LogP contribution in [0.1, 0.15) is 24.8 Å². The second-order valence-corrected chi connectivity index (χ2v) is 7.78. The minimum atomic E-state index is 0.333. The highest BCUT2D eigenvalue weighted by Crippen LogP contribution is 2.34. The van der Waals surface area contributed by atoms with Crippen molar-refractivity contribution in [2.24, 2.45) is 4.99 Å². The minimum Gasteiger partial charge on any atom is -0.454 e. The highest BCUT2D eigenvalue weighted by Gasteiger charge is 2.27. The predicted octanol–water partition coefficient (Wildman–Crippen LogP) is 2.80. The largest absolute Gasteiger partial charge is 0.454 e. The first-order chi connectivity index (χ1) is 11.8. The van der Waals surface area contributed by atoms with Crippen LogP contribution in [0, 0.1) is 0 Å². The number of amidine groups is 1. The predicted molar refractivity (Wildman–Crippen MR) is 98.0 cm³/mol. The van der Waals surface area contributed by atoms with Crippen LogP contribution >= 0.6 is 11.8 Å². The van der Waals surface area contributed by atoms with Crippen molar-refractivity contribution in [1.82, 2.24) is 9.80 Å². The van der Waals surface area contributed by atoms with Gasteiger partial charge in [-0.15, -0.1) is 0 Å². The van der Waals surface area contributed by atoms with E-state index < -0.39 is 0 Å². The molecule has 5 nitrogen and oxygen atoms in total. The van der Waals surface area contributed by atoms with Crippen molar-refractivity contribution >= 4 is 16.9 Å². The van der Waals surface area contributed by atoms with Gasteiger partial charge in [0.25, 0.3) is 0 Å². The molecule has 3 aliphatic rings. The molecule has 24 heavy (non-hydrogen) atoms. The van der Waals surface area contributed by atoms with Gasteiger partial charge in [0.1, 0.15) is 0 Å². The molecule has 0 atom stereocenters. The maximum atomic E-state index is 5.54. The van der Waals surface area contributed by atoms with Gasteiger partial charge in [-0.1, -0.05) is 17.8 Å². The number of thioether (sulfide) groups is 1. The van der Waals surface area contributed by atoms with Crippen molar-refractivity contribution in [2.75, 3.05) is 39.2 Å². The number of hydrogen-bond acceptors (Lipinski definition) is 6. The van der Waals surface area contributed by atoms with Gasteiger partial charge in [0.05, 0.1) is 0 Å². The molecule has 130 valence electrons. The fourth-order valence-corrected chi connectivity index (χ4v) is 4.54. The van der Waals surface area contributed by atoms with Gasteiger partial charge in [0, 0.05) is 24.9 Å². The Morgan fingerprint density at radius 3 is 2.88 bits per heavy atom. The van der Waals surface area contributed by atoms with E-state index in [4.69, 9.17) is 14.5 Å². The molecule has 1 fully saturated rings. The lowest BCUT2D eigenvalue weighted by Gasteiger charge is -2.39. The van der Waals surface area contributed by atoms with Gasteiger partial charge in [-0.2, -0.15) is 0 Å². The number of aliphatic imine (C=N–C) groups is 1. The van der Waals surface area contributed by atoms with E-state index in [1.807, 2.05) is 17.8 Å². The first-order valence-corrected chi connectivity index (χ1v) is 9.79. The van der Waals surface area contributed by atoms with E-state index in [0.717, 1.165) is 24.6 Å². The van der Waals surface area contributed by atoms with Gasteiger partial charge in [0.15, 0.2) is 16.7 Å². The molecule has 1 aromatic rings. The lowest BCUT2D eigenvalue weighted by atomic mass is 10.0. The number of benzene rings is 1. The standard InChI is InChI=1S/C18H25N3O2S/c1-20-8-5-15(6-9-20)21(18-19-7-2-10-24-18)12-14-3-4-16-17(11-14)23-13-22-16/h3-4,11,15H,2,5-10,12-13H2,1H3. The molecule has 0 spiro atoms. The number of nitrogens with zero attached hydrogens (tertiary/aromatic N) is 3. The first kappa shape index (κ1) is 16.1. The summed E-state index contributed by atoms with van der Waals surface area (Å²) in [6.07, 6.45) is 3.61. The van der Waals surface area contributed by atoms with Crippen LogP contribution in [0.2, 0.25) is 0 Å². The van der Waals surface area contributed by atoms with Crippen LogP contribution in [0.5, 0.6) is 11.5 Å². The smallest absolute Gasteiger partial charge is 0.231 e. The van der Waals surface area contributed by atoms with Crippen LogP contribution < -0.4 is 9.47 Å². The van der Waals surface area contributed by atoms with Crippen molar-refractivity contribution in [2.45, 2.75) is 31.8 Å². The SMILES string of the molecule is CN1CCC(N(Cc2ccc3c(c2)OCO3)C2=NCCCS2)CC1. The maximum Gasteiger partial charge on any atom is 0.231 e. The molecular weight excluding hydrogens is 322 g/mol. The van der Waals surface area contributed by atoms with E-state index >= 15 is 0 Å². The topological polar surface area (TPSA) is 37.3 Å². The van der Waals surface area contributed by atoms with Gasteiger partial charge < -0.3 is 19.3 Å². The Morgan fingerprint density at radius 1 is 1.25 bits per heavy atom. The summed E-state index contributed by atoms with van der Waals surface area (Å²) in [6.45, 7) is 4.53. The Bertz CT molecular complexity index is 614. The van der Waals surface area contributed by atoms with Crippen molar-refractivity contribution in [3.63, 3.8) is 0 Å². The molecule has 0 aromatic heterocycles. The summed E-state index contributed by atoms with van der Waals surface area (Å²) in [6, 6.07) is 6.89. The van der Waals surface area contributed by atoms with E-state index in [0.29, 0.717) is 12.8 Å². The number of fused-ring (bicyclic) bond motifs is 1. The highest BCUT2D eigenvalue weighted by molar-refractivity contribution is 8.13. The summed E-state index contributed by atoms with van der Waals surface area (Å²) in [7, 11) is 2.21. The molecule has 0 unspecified atom stereocenters. The second-order valence-electron chi connectivity index (χ2n) is 6.72. The number of likely N-dealkylation sites (tertiary alicyclic amines) is 1. The van der Waals surface area contributed by atoms with Crippen LogP contribution in [0.4, 0.5) is 0 Å². The van der Waals surface area contributed by atoms with Crippen molar-refractivity contribution < 1.29 is 9.47 Å². The summed E-state index contributed by atoms with van der Waals surface area (Å²) < 4.78 is 11.0. The summed E-state index contributed by atoms with van der Waals surface area (Å²) >= 11 is 1.92. The molecular formula is C18H25N3O2S. The second kappa shape index (κ2) is 7.23. The third-order valence-corrected chi connectivity index (χ3v) is 6.06. The molecule has 3 aliphatic heterocycles. The quantitative estimate of drug-likeness (QED) is 0.840. The van der Waals surface area contributed by atoms with Crippen LogP contribution in [0.3, 0.4) is 0 Å². The number of piperidine rings is 1. The molecule has 0 bridgehead atoms. The van der Waals surface area contributed by atoms with Gasteiger partial charge >= 0.3 is 0 Å². The third-order valence-electron chi connectivity index (χ3n) is 4.95. The van der Waals surface area contributed by atoms with Gasteiger partial charge in [-0.3, -0.25) is 4.99 Å². The Balaban J connectivity index is 1.54.